The number of carbonyl (C=O) groups is 1. The highest BCUT2D eigenvalue weighted by Crippen LogP contribution is 2.24. The average molecular weight is 333 g/mol. The van der Waals surface area contributed by atoms with E-state index in [0.29, 0.717) is 23.5 Å². The number of aliphatic hydroxyl groups is 1. The first-order valence-electron chi connectivity index (χ1n) is 8.03. The first-order valence-corrected chi connectivity index (χ1v) is 8.03. The van der Waals surface area contributed by atoms with Gasteiger partial charge in [-0.3, -0.25) is 4.79 Å². The normalized spacial score (nSPS) is 12.6. The van der Waals surface area contributed by atoms with Crippen LogP contribution in [0.1, 0.15) is 40.2 Å². The molecule has 0 aliphatic heterocycles. The Morgan fingerprint density at radius 2 is 2.04 bits per heavy atom. The number of rotatable bonds is 7. The second-order valence-electron chi connectivity index (χ2n) is 7.05. The Morgan fingerprint density at radius 3 is 2.58 bits per heavy atom. The molecule has 0 saturated carbocycles. The lowest BCUT2D eigenvalue weighted by Crippen LogP contribution is -2.35. The highest BCUT2D eigenvalue weighted by molar-refractivity contribution is 5.94. The lowest BCUT2D eigenvalue weighted by atomic mass is 9.95. The molecule has 1 rings (SSSR count). The van der Waals surface area contributed by atoms with Crippen molar-refractivity contribution in [3.8, 4) is 11.8 Å². The van der Waals surface area contributed by atoms with E-state index in [-0.39, 0.29) is 18.6 Å². The molecule has 1 atom stereocenters. The van der Waals surface area contributed by atoms with Crippen LogP contribution in [0.15, 0.2) is 18.2 Å². The molecule has 6 nitrogen and oxygen atoms in total. The molecule has 1 unspecified atom stereocenters. The molecule has 6 heteroatoms. The molecule has 0 fully saturated rings. The van der Waals surface area contributed by atoms with Crippen LogP contribution in [-0.4, -0.2) is 36.3 Å². The van der Waals surface area contributed by atoms with Crippen molar-refractivity contribution in [2.75, 3.05) is 18.5 Å². The second-order valence-corrected chi connectivity index (χ2v) is 7.05. The zero-order valence-electron chi connectivity index (χ0n) is 15.0. The SMILES string of the molecule is CC(C)NCC(O)COc1ccc(NC(=O)C(C)(C)C)cc1C#N. The summed E-state index contributed by atoms with van der Waals surface area (Å²) in [6, 6.07) is 7.20. The number of benzene rings is 1. The van der Waals surface area contributed by atoms with Crippen molar-refractivity contribution in [1.29, 1.82) is 5.26 Å². The summed E-state index contributed by atoms with van der Waals surface area (Å²) in [6.07, 6.45) is -0.667. The molecular formula is C18H27N3O3. The van der Waals surface area contributed by atoms with Gasteiger partial charge in [-0.15, -0.1) is 0 Å². The Hall–Kier alpha value is -2.10. The van der Waals surface area contributed by atoms with Gasteiger partial charge < -0.3 is 20.5 Å². The van der Waals surface area contributed by atoms with E-state index in [4.69, 9.17) is 4.74 Å². The highest BCUT2D eigenvalue weighted by Gasteiger charge is 2.21. The molecule has 1 amide bonds. The second kappa shape index (κ2) is 8.67. The standard InChI is InChI=1S/C18H27N3O3/c1-12(2)20-10-15(22)11-24-16-7-6-14(8-13(16)9-19)21-17(23)18(3,4)5/h6-8,12,15,20,22H,10-11H2,1-5H3,(H,21,23). The smallest absolute Gasteiger partial charge is 0.229 e. The third-order valence-corrected chi connectivity index (χ3v) is 3.23. The van der Waals surface area contributed by atoms with Gasteiger partial charge in [-0.1, -0.05) is 34.6 Å². The number of aliphatic hydroxyl groups excluding tert-OH is 1. The Morgan fingerprint density at radius 1 is 1.38 bits per heavy atom. The van der Waals surface area contributed by atoms with Gasteiger partial charge in [0, 0.05) is 23.7 Å². The van der Waals surface area contributed by atoms with Crippen molar-refractivity contribution < 1.29 is 14.6 Å². The Labute approximate surface area is 143 Å². The van der Waals surface area contributed by atoms with Crippen molar-refractivity contribution in [2.45, 2.75) is 46.8 Å². The van der Waals surface area contributed by atoms with E-state index in [9.17, 15) is 15.2 Å². The molecule has 3 N–H and O–H groups in total. The monoisotopic (exact) mass is 333 g/mol. The zero-order chi connectivity index (χ0) is 18.3. The van der Waals surface area contributed by atoms with Crippen molar-refractivity contribution in [3.05, 3.63) is 23.8 Å². The van der Waals surface area contributed by atoms with Crippen molar-refractivity contribution in [1.82, 2.24) is 5.32 Å². The van der Waals surface area contributed by atoms with E-state index in [1.807, 2.05) is 40.7 Å². The van der Waals surface area contributed by atoms with Crippen LogP contribution in [0, 0.1) is 16.7 Å². The molecule has 0 aliphatic carbocycles. The molecule has 1 aromatic carbocycles. The molecule has 0 bridgehead atoms. The molecule has 1 aromatic rings. The summed E-state index contributed by atoms with van der Waals surface area (Å²) in [5.74, 6) is 0.255. The Kier molecular flexibility index (Phi) is 7.20. The van der Waals surface area contributed by atoms with Crippen LogP contribution >= 0.6 is 0 Å². The molecule has 132 valence electrons. The summed E-state index contributed by atoms with van der Waals surface area (Å²) >= 11 is 0. The van der Waals surface area contributed by atoms with E-state index in [1.54, 1.807) is 18.2 Å². The van der Waals surface area contributed by atoms with E-state index in [2.05, 4.69) is 10.6 Å². The van der Waals surface area contributed by atoms with Crippen LogP contribution in [0.5, 0.6) is 5.75 Å². The van der Waals surface area contributed by atoms with Gasteiger partial charge in [0.2, 0.25) is 5.91 Å². The molecular weight excluding hydrogens is 306 g/mol. The predicted octanol–water partition coefficient (Wildman–Crippen LogP) is 2.28. The largest absolute Gasteiger partial charge is 0.489 e. The number of ether oxygens (including phenoxy) is 1. The van der Waals surface area contributed by atoms with Gasteiger partial charge in [0.1, 0.15) is 24.5 Å². The lowest BCUT2D eigenvalue weighted by Gasteiger charge is -2.18. The minimum Gasteiger partial charge on any atom is -0.489 e. The molecule has 0 heterocycles. The van der Waals surface area contributed by atoms with E-state index < -0.39 is 11.5 Å². The van der Waals surface area contributed by atoms with Crippen molar-refractivity contribution >= 4 is 11.6 Å². The zero-order valence-corrected chi connectivity index (χ0v) is 15.0. The van der Waals surface area contributed by atoms with E-state index in [0.717, 1.165) is 0 Å². The lowest BCUT2D eigenvalue weighted by molar-refractivity contribution is -0.123. The van der Waals surface area contributed by atoms with Gasteiger partial charge in [-0.25, -0.2) is 0 Å². The summed E-state index contributed by atoms with van der Waals surface area (Å²) in [7, 11) is 0. The minimum absolute atomic E-state index is 0.0854. The van der Waals surface area contributed by atoms with Crippen LogP contribution in [0.4, 0.5) is 5.69 Å². The van der Waals surface area contributed by atoms with Gasteiger partial charge in [-0.05, 0) is 18.2 Å². The van der Waals surface area contributed by atoms with Gasteiger partial charge in [-0.2, -0.15) is 5.26 Å². The maximum atomic E-state index is 12.0. The molecule has 0 aliphatic rings. The number of amides is 1. The third-order valence-electron chi connectivity index (χ3n) is 3.23. The first kappa shape index (κ1) is 19.9. The van der Waals surface area contributed by atoms with Crippen LogP contribution in [0.2, 0.25) is 0 Å². The molecule has 0 saturated heterocycles. The quantitative estimate of drug-likeness (QED) is 0.711. The van der Waals surface area contributed by atoms with Crippen molar-refractivity contribution in [2.24, 2.45) is 5.41 Å². The summed E-state index contributed by atoms with van der Waals surface area (Å²) in [5.41, 5.74) is 0.335. The first-order chi connectivity index (χ1) is 11.1. The fourth-order valence-electron chi connectivity index (χ4n) is 1.76. The molecule has 0 radical (unpaired) electrons. The number of nitrogens with one attached hydrogen (secondary N) is 2. The number of hydrogen-bond acceptors (Lipinski definition) is 5. The van der Waals surface area contributed by atoms with Gasteiger partial charge in [0.25, 0.3) is 0 Å². The topological polar surface area (TPSA) is 94.4 Å². The summed E-state index contributed by atoms with van der Waals surface area (Å²) in [5, 5.41) is 25.0. The van der Waals surface area contributed by atoms with E-state index in [1.165, 1.54) is 0 Å². The predicted molar refractivity (Wildman–Crippen MR) is 93.9 cm³/mol. The maximum absolute atomic E-state index is 12.0. The fourth-order valence-corrected chi connectivity index (χ4v) is 1.76. The Bertz CT molecular complexity index is 601. The summed E-state index contributed by atoms with van der Waals surface area (Å²) in [4.78, 5) is 12.0. The molecule has 0 spiro atoms. The van der Waals surface area contributed by atoms with Gasteiger partial charge >= 0.3 is 0 Å². The fraction of sp³-hybridized carbons (Fsp3) is 0.556. The number of carbonyl (C=O) groups excluding carboxylic acids is 1. The van der Waals surface area contributed by atoms with Crippen LogP contribution in [0.3, 0.4) is 0 Å². The van der Waals surface area contributed by atoms with Crippen molar-refractivity contribution in [3.63, 3.8) is 0 Å². The average Bonchev–Trinajstić information content (AvgIpc) is 2.50. The minimum atomic E-state index is -0.667. The summed E-state index contributed by atoms with van der Waals surface area (Å²) < 4.78 is 5.52. The number of nitrogens with zero attached hydrogens (tertiary/aromatic N) is 1. The molecule has 0 aromatic heterocycles. The van der Waals surface area contributed by atoms with Crippen LogP contribution in [0.25, 0.3) is 0 Å². The summed E-state index contributed by atoms with van der Waals surface area (Å²) in [6.45, 7) is 9.94. The highest BCUT2D eigenvalue weighted by atomic mass is 16.5. The number of hydrogen-bond donors (Lipinski definition) is 3. The van der Waals surface area contributed by atoms with Crippen LogP contribution in [-0.2, 0) is 4.79 Å². The number of anilines is 1. The van der Waals surface area contributed by atoms with Crippen LogP contribution < -0.4 is 15.4 Å². The maximum Gasteiger partial charge on any atom is 0.229 e. The van der Waals surface area contributed by atoms with E-state index >= 15 is 0 Å². The van der Waals surface area contributed by atoms with Gasteiger partial charge in [0.05, 0.1) is 5.56 Å². The van der Waals surface area contributed by atoms with Gasteiger partial charge in [0.15, 0.2) is 0 Å². The molecule has 24 heavy (non-hydrogen) atoms. The Balaban J connectivity index is 2.71. The third kappa shape index (κ3) is 6.57. The number of nitriles is 1.